The molecule has 0 aliphatic heterocycles. The Hall–Kier alpha value is -3.56. The third-order valence-electron chi connectivity index (χ3n) is 6.59. The molecule has 0 saturated heterocycles. The van der Waals surface area contributed by atoms with E-state index in [1.54, 1.807) is 50.2 Å². The fourth-order valence-corrected chi connectivity index (χ4v) is 5.39. The summed E-state index contributed by atoms with van der Waals surface area (Å²) in [5.74, 6) is -1.12. The number of aromatic amines is 1. The van der Waals surface area contributed by atoms with Crippen LogP contribution < -0.4 is 15.5 Å². The number of nitrogens with one attached hydrogen (secondary N) is 3. The number of aromatic nitrogens is 1. The predicted octanol–water partition coefficient (Wildman–Crippen LogP) is 4.17. The summed E-state index contributed by atoms with van der Waals surface area (Å²) in [5, 5.41) is 3.38. The van der Waals surface area contributed by atoms with Crippen LogP contribution in [0, 0.1) is 11.7 Å². The van der Waals surface area contributed by atoms with E-state index >= 15 is 4.39 Å². The highest BCUT2D eigenvalue weighted by Gasteiger charge is 2.28. The van der Waals surface area contributed by atoms with Crippen molar-refractivity contribution in [1.82, 2.24) is 15.0 Å². The first-order valence-corrected chi connectivity index (χ1v) is 13.2. The summed E-state index contributed by atoms with van der Waals surface area (Å²) in [6.45, 7) is 3.83. The molecule has 36 heavy (non-hydrogen) atoms. The normalized spacial score (nSPS) is 14.3. The Labute approximate surface area is 207 Å². The minimum Gasteiger partial charge on any atom is -0.354 e. The molecule has 1 aromatic heterocycles. The van der Waals surface area contributed by atoms with Crippen molar-refractivity contribution >= 4 is 37.7 Å². The topological polar surface area (TPSA) is 108 Å². The SMILES string of the molecule is CC(C)(NC(=O)c1cc2[nH]c3ccccc3c(=O)c2cc1F)c1cccc(S(=O)(=O)NCC2CC2)c1. The number of carbonyl (C=O) groups excluding carboxylic acids is 1. The molecule has 1 fully saturated rings. The molecule has 1 amide bonds. The molecule has 3 N–H and O–H groups in total. The van der Waals surface area contributed by atoms with E-state index in [4.69, 9.17) is 0 Å². The number of rotatable bonds is 7. The van der Waals surface area contributed by atoms with E-state index < -0.39 is 27.3 Å². The van der Waals surface area contributed by atoms with E-state index in [2.05, 4.69) is 15.0 Å². The van der Waals surface area contributed by atoms with E-state index in [1.165, 1.54) is 18.2 Å². The minimum atomic E-state index is -3.69. The smallest absolute Gasteiger partial charge is 0.255 e. The van der Waals surface area contributed by atoms with Crippen LogP contribution in [0.25, 0.3) is 21.8 Å². The number of pyridine rings is 1. The van der Waals surface area contributed by atoms with Gasteiger partial charge in [0.05, 0.1) is 21.5 Å². The Morgan fingerprint density at radius 2 is 1.78 bits per heavy atom. The summed E-state index contributed by atoms with van der Waals surface area (Å²) >= 11 is 0. The minimum absolute atomic E-state index is 0.101. The van der Waals surface area contributed by atoms with Crippen molar-refractivity contribution in [2.45, 2.75) is 37.1 Å². The first kappa shape index (κ1) is 24.1. The fraction of sp³-hybridized carbons (Fsp3) is 0.259. The largest absolute Gasteiger partial charge is 0.354 e. The van der Waals surface area contributed by atoms with E-state index in [0.29, 0.717) is 34.4 Å². The average Bonchev–Trinajstić information content (AvgIpc) is 3.68. The van der Waals surface area contributed by atoms with Crippen molar-refractivity contribution in [3.8, 4) is 0 Å². The second-order valence-corrected chi connectivity index (χ2v) is 11.5. The van der Waals surface area contributed by atoms with Gasteiger partial charge in [-0.15, -0.1) is 0 Å². The quantitative estimate of drug-likeness (QED) is 0.326. The van der Waals surface area contributed by atoms with Gasteiger partial charge in [-0.25, -0.2) is 17.5 Å². The van der Waals surface area contributed by atoms with Gasteiger partial charge in [-0.05, 0) is 74.6 Å². The summed E-state index contributed by atoms with van der Waals surface area (Å²) in [6, 6.07) is 15.6. The Bertz CT molecular complexity index is 1670. The van der Waals surface area contributed by atoms with Crippen molar-refractivity contribution < 1.29 is 17.6 Å². The second kappa shape index (κ2) is 8.83. The van der Waals surface area contributed by atoms with E-state index in [0.717, 1.165) is 18.9 Å². The van der Waals surface area contributed by atoms with Crippen molar-refractivity contribution in [2.24, 2.45) is 5.92 Å². The zero-order valence-corrected chi connectivity index (χ0v) is 20.7. The maximum atomic E-state index is 15.0. The predicted molar refractivity (Wildman–Crippen MR) is 137 cm³/mol. The highest BCUT2D eigenvalue weighted by molar-refractivity contribution is 7.89. The van der Waals surface area contributed by atoms with E-state index in [9.17, 15) is 18.0 Å². The number of benzene rings is 3. The van der Waals surface area contributed by atoms with Gasteiger partial charge in [0.15, 0.2) is 5.43 Å². The van der Waals surface area contributed by atoms with Gasteiger partial charge in [-0.2, -0.15) is 0 Å². The first-order valence-electron chi connectivity index (χ1n) is 11.7. The number of carbonyl (C=O) groups is 1. The van der Waals surface area contributed by atoms with Gasteiger partial charge in [-0.3, -0.25) is 9.59 Å². The molecular formula is C27H26FN3O4S. The third-order valence-corrected chi connectivity index (χ3v) is 8.01. The van der Waals surface area contributed by atoms with E-state index in [-0.39, 0.29) is 21.3 Å². The fourth-order valence-electron chi connectivity index (χ4n) is 4.23. The summed E-state index contributed by atoms with van der Waals surface area (Å²) in [7, 11) is -3.69. The monoisotopic (exact) mass is 507 g/mol. The van der Waals surface area contributed by atoms with E-state index in [1.807, 2.05) is 0 Å². The molecule has 7 nitrogen and oxygen atoms in total. The number of halogens is 1. The van der Waals surface area contributed by atoms with Gasteiger partial charge in [0.25, 0.3) is 5.91 Å². The van der Waals surface area contributed by atoms with Crippen LogP contribution in [0.1, 0.15) is 42.6 Å². The number of para-hydroxylation sites is 1. The van der Waals surface area contributed by atoms with Crippen LogP contribution in [0.4, 0.5) is 4.39 Å². The number of hydrogen-bond acceptors (Lipinski definition) is 4. The number of fused-ring (bicyclic) bond motifs is 2. The number of sulfonamides is 1. The van der Waals surface area contributed by atoms with Gasteiger partial charge < -0.3 is 10.3 Å². The number of hydrogen-bond donors (Lipinski definition) is 3. The van der Waals surface area contributed by atoms with Crippen LogP contribution in [-0.2, 0) is 15.6 Å². The molecule has 1 saturated carbocycles. The highest BCUT2D eigenvalue weighted by Crippen LogP contribution is 2.29. The molecule has 4 aromatic rings. The van der Waals surface area contributed by atoms with Crippen molar-refractivity contribution in [3.05, 3.63) is 87.8 Å². The molecule has 1 heterocycles. The van der Waals surface area contributed by atoms with Crippen LogP contribution in [0.15, 0.2) is 70.4 Å². The lowest BCUT2D eigenvalue weighted by Gasteiger charge is -2.27. The van der Waals surface area contributed by atoms with Crippen molar-refractivity contribution in [3.63, 3.8) is 0 Å². The van der Waals surface area contributed by atoms with Crippen LogP contribution in [0.2, 0.25) is 0 Å². The molecular weight excluding hydrogens is 481 g/mol. The molecule has 1 aliphatic rings. The van der Waals surface area contributed by atoms with Gasteiger partial charge >= 0.3 is 0 Å². The molecule has 0 unspecified atom stereocenters. The Morgan fingerprint density at radius 1 is 1.03 bits per heavy atom. The highest BCUT2D eigenvalue weighted by atomic mass is 32.2. The summed E-state index contributed by atoms with van der Waals surface area (Å²) in [5.41, 5.74) is -0.0856. The number of amides is 1. The molecule has 3 aromatic carbocycles. The summed E-state index contributed by atoms with van der Waals surface area (Å²) < 4.78 is 43.0. The molecule has 0 radical (unpaired) electrons. The Morgan fingerprint density at radius 3 is 2.53 bits per heavy atom. The number of H-pyrrole nitrogens is 1. The van der Waals surface area contributed by atoms with Gasteiger partial charge in [-0.1, -0.05) is 24.3 Å². The molecule has 9 heteroatoms. The van der Waals surface area contributed by atoms with Crippen molar-refractivity contribution in [1.29, 1.82) is 0 Å². The zero-order chi connectivity index (χ0) is 25.7. The van der Waals surface area contributed by atoms with Gasteiger partial charge in [0, 0.05) is 22.8 Å². The molecule has 1 aliphatic carbocycles. The lowest BCUT2D eigenvalue weighted by Crippen LogP contribution is -2.41. The lowest BCUT2D eigenvalue weighted by atomic mass is 9.93. The maximum absolute atomic E-state index is 15.0. The van der Waals surface area contributed by atoms with Gasteiger partial charge in [0.2, 0.25) is 10.0 Å². The van der Waals surface area contributed by atoms with Crippen molar-refractivity contribution in [2.75, 3.05) is 6.54 Å². The Kier molecular flexibility index (Phi) is 5.92. The summed E-state index contributed by atoms with van der Waals surface area (Å²) in [4.78, 5) is 29.1. The van der Waals surface area contributed by atoms with Crippen LogP contribution in [-0.4, -0.2) is 25.9 Å². The standard InChI is InChI=1S/C27H26FN3O4S/c1-27(2,17-6-5-7-18(12-17)36(34,35)29-15-16-10-11-16)31-26(33)20-14-24-21(13-22(20)28)25(32)19-8-3-4-9-23(19)30-24/h3-9,12-14,16,29H,10-11,15H2,1-2H3,(H,30,32)(H,31,33). The van der Waals surface area contributed by atoms with Crippen LogP contribution in [0.5, 0.6) is 0 Å². The third kappa shape index (κ3) is 4.64. The molecule has 0 bridgehead atoms. The molecule has 5 rings (SSSR count). The first-order chi connectivity index (χ1) is 17.0. The van der Waals surface area contributed by atoms with Crippen LogP contribution >= 0.6 is 0 Å². The van der Waals surface area contributed by atoms with Crippen LogP contribution in [0.3, 0.4) is 0 Å². The maximum Gasteiger partial charge on any atom is 0.255 e. The molecule has 0 spiro atoms. The molecule has 186 valence electrons. The lowest BCUT2D eigenvalue weighted by molar-refractivity contribution is 0.0908. The second-order valence-electron chi connectivity index (χ2n) is 9.78. The molecule has 0 atom stereocenters. The zero-order valence-electron chi connectivity index (χ0n) is 19.9. The van der Waals surface area contributed by atoms with Gasteiger partial charge in [0.1, 0.15) is 5.82 Å². The summed E-state index contributed by atoms with van der Waals surface area (Å²) in [6.07, 6.45) is 2.05. The average molecular weight is 508 g/mol. The Balaban J connectivity index is 1.44.